The summed E-state index contributed by atoms with van der Waals surface area (Å²) in [5, 5.41) is 0. The predicted molar refractivity (Wildman–Crippen MR) is 43.8 cm³/mol. The largest absolute Gasteiger partial charge is 0.203 e. The lowest BCUT2D eigenvalue weighted by molar-refractivity contribution is 0.284. The third kappa shape index (κ3) is 1.40. The Morgan fingerprint density at radius 3 is 2.30 bits per heavy atom. The summed E-state index contributed by atoms with van der Waals surface area (Å²) >= 11 is 11.7. The maximum absolute atomic E-state index is 5.92. The fourth-order valence-corrected chi connectivity index (χ4v) is 1.81. The molecular weight excluding hydrogens is 171 g/mol. The molecule has 2 nitrogen and oxygen atoms in total. The Morgan fingerprint density at radius 2 is 2.10 bits per heavy atom. The van der Waals surface area contributed by atoms with Gasteiger partial charge in [-0.15, -0.1) is 0 Å². The molecule has 0 radical (unpaired) electrons. The first kappa shape index (κ1) is 8.60. The summed E-state index contributed by atoms with van der Waals surface area (Å²) < 4.78 is 3.47. The van der Waals surface area contributed by atoms with Crippen molar-refractivity contribution in [3.8, 4) is 0 Å². The third-order valence-corrected chi connectivity index (χ3v) is 2.88. The monoisotopic (exact) mass is 182 g/mol. The fourth-order valence-electron chi connectivity index (χ4n) is 1.09. The Morgan fingerprint density at radius 1 is 1.50 bits per heavy atom. The van der Waals surface area contributed by atoms with Crippen LogP contribution in [0.2, 0.25) is 0 Å². The normalized spacial score (nSPS) is 37.2. The van der Waals surface area contributed by atoms with E-state index >= 15 is 0 Å². The minimum atomic E-state index is 0.0588. The summed E-state index contributed by atoms with van der Waals surface area (Å²) in [5.41, 5.74) is 0.0588. The zero-order valence-electron chi connectivity index (χ0n) is 6.27. The van der Waals surface area contributed by atoms with Gasteiger partial charge >= 0.3 is 0 Å². The highest BCUT2D eigenvalue weighted by Crippen LogP contribution is 2.29. The zero-order chi connectivity index (χ0) is 7.78. The van der Waals surface area contributed by atoms with Crippen LogP contribution in [0, 0.1) is 0 Å². The van der Waals surface area contributed by atoms with E-state index in [1.54, 1.807) is 8.84 Å². The fraction of sp³-hybridized carbons (Fsp3) is 1.00. The van der Waals surface area contributed by atoms with Crippen molar-refractivity contribution in [3.63, 3.8) is 0 Å². The Bertz CT molecular complexity index is 131. The quantitative estimate of drug-likeness (QED) is 0.574. The summed E-state index contributed by atoms with van der Waals surface area (Å²) in [4.78, 5) is 0. The highest BCUT2D eigenvalue weighted by atomic mass is 35.5. The number of halogens is 2. The van der Waals surface area contributed by atoms with Crippen molar-refractivity contribution >= 4 is 23.6 Å². The van der Waals surface area contributed by atoms with Crippen molar-refractivity contribution in [2.45, 2.75) is 25.8 Å². The lowest BCUT2D eigenvalue weighted by Crippen LogP contribution is -2.36. The van der Waals surface area contributed by atoms with Gasteiger partial charge in [0, 0.05) is 12.1 Å². The minimum Gasteiger partial charge on any atom is -0.203 e. The van der Waals surface area contributed by atoms with Crippen molar-refractivity contribution in [1.29, 1.82) is 0 Å². The molecule has 1 fully saturated rings. The van der Waals surface area contributed by atoms with Crippen LogP contribution in [0.1, 0.15) is 20.3 Å². The van der Waals surface area contributed by atoms with E-state index in [1.165, 1.54) is 0 Å². The Balaban J connectivity index is 2.61. The Labute approximate surface area is 71.9 Å². The van der Waals surface area contributed by atoms with Gasteiger partial charge in [-0.2, -0.15) is 4.42 Å². The van der Waals surface area contributed by atoms with Crippen LogP contribution < -0.4 is 0 Å². The zero-order valence-corrected chi connectivity index (χ0v) is 7.78. The van der Waals surface area contributed by atoms with E-state index in [1.807, 2.05) is 0 Å². The van der Waals surface area contributed by atoms with E-state index in [-0.39, 0.29) is 5.54 Å². The number of nitrogens with zero attached hydrogens (tertiary/aromatic N) is 2. The average Bonchev–Trinajstić information content (AvgIpc) is 2.09. The highest BCUT2D eigenvalue weighted by Gasteiger charge is 2.38. The molecular formula is C6H12Cl2N2. The van der Waals surface area contributed by atoms with E-state index in [2.05, 4.69) is 13.8 Å². The molecule has 0 N–H and O–H groups in total. The maximum Gasteiger partial charge on any atom is 0.0805 e. The number of hydrogen-bond acceptors (Lipinski definition) is 2. The molecule has 1 atom stereocenters. The van der Waals surface area contributed by atoms with Crippen LogP contribution in [-0.4, -0.2) is 27.6 Å². The molecule has 60 valence electrons. The summed E-state index contributed by atoms with van der Waals surface area (Å²) in [6, 6.07) is 0. The van der Waals surface area contributed by atoms with Crippen LogP contribution in [0.25, 0.3) is 0 Å². The molecule has 1 rings (SSSR count). The molecule has 1 heterocycles. The number of rotatable bonds is 1. The average molecular weight is 183 g/mol. The van der Waals surface area contributed by atoms with Crippen LogP contribution in [0.3, 0.4) is 0 Å². The lowest BCUT2D eigenvalue weighted by atomic mass is 10.0. The van der Waals surface area contributed by atoms with Crippen molar-refractivity contribution in [1.82, 2.24) is 8.84 Å². The Hall–Kier alpha value is 0.500. The van der Waals surface area contributed by atoms with Gasteiger partial charge in [-0.3, -0.25) is 0 Å². The van der Waals surface area contributed by atoms with Crippen molar-refractivity contribution in [3.05, 3.63) is 0 Å². The Kier molecular flexibility index (Phi) is 2.46. The van der Waals surface area contributed by atoms with E-state index < -0.39 is 0 Å². The van der Waals surface area contributed by atoms with Gasteiger partial charge in [0.25, 0.3) is 0 Å². The van der Waals surface area contributed by atoms with Gasteiger partial charge in [-0.05, 0) is 36.9 Å². The first-order valence-electron chi connectivity index (χ1n) is 3.42. The second-order valence-electron chi connectivity index (χ2n) is 2.97. The third-order valence-electron chi connectivity index (χ3n) is 2.14. The first-order chi connectivity index (χ1) is 4.58. The predicted octanol–water partition coefficient (Wildman–Crippen LogP) is 2.04. The minimum absolute atomic E-state index is 0.0588. The molecule has 0 aromatic rings. The van der Waals surface area contributed by atoms with E-state index in [4.69, 9.17) is 23.6 Å². The molecule has 0 spiro atoms. The van der Waals surface area contributed by atoms with Gasteiger partial charge in [0.15, 0.2) is 0 Å². The van der Waals surface area contributed by atoms with Crippen molar-refractivity contribution in [2.75, 3.05) is 13.2 Å². The second-order valence-corrected chi connectivity index (χ2v) is 3.86. The summed E-state index contributed by atoms with van der Waals surface area (Å²) in [6.45, 7) is 5.72. The van der Waals surface area contributed by atoms with Gasteiger partial charge < -0.3 is 0 Å². The molecule has 1 unspecified atom stereocenters. The molecule has 1 aliphatic heterocycles. The lowest BCUT2D eigenvalue weighted by Gasteiger charge is -2.26. The van der Waals surface area contributed by atoms with Crippen LogP contribution in [0.15, 0.2) is 0 Å². The molecule has 0 aromatic carbocycles. The molecule has 0 aromatic heterocycles. The van der Waals surface area contributed by atoms with Crippen LogP contribution in [-0.2, 0) is 0 Å². The van der Waals surface area contributed by atoms with Crippen LogP contribution >= 0.6 is 23.6 Å². The molecule has 0 saturated carbocycles. The molecule has 0 bridgehead atoms. The summed E-state index contributed by atoms with van der Waals surface area (Å²) in [5.74, 6) is 0. The number of hydrogen-bond donors (Lipinski definition) is 0. The van der Waals surface area contributed by atoms with Gasteiger partial charge in [0.05, 0.1) is 6.67 Å². The smallest absolute Gasteiger partial charge is 0.0805 e. The molecule has 0 aliphatic carbocycles. The first-order valence-corrected chi connectivity index (χ1v) is 4.10. The molecule has 4 heteroatoms. The van der Waals surface area contributed by atoms with Gasteiger partial charge in [0.2, 0.25) is 0 Å². The van der Waals surface area contributed by atoms with Gasteiger partial charge in [-0.1, -0.05) is 6.92 Å². The molecule has 10 heavy (non-hydrogen) atoms. The summed E-state index contributed by atoms with van der Waals surface area (Å²) in [7, 11) is 0. The highest BCUT2D eigenvalue weighted by molar-refractivity contribution is 6.16. The van der Waals surface area contributed by atoms with Gasteiger partial charge in [0.1, 0.15) is 0 Å². The van der Waals surface area contributed by atoms with Crippen molar-refractivity contribution in [2.24, 2.45) is 0 Å². The van der Waals surface area contributed by atoms with E-state index in [9.17, 15) is 0 Å². The maximum atomic E-state index is 5.92. The summed E-state index contributed by atoms with van der Waals surface area (Å²) in [6.07, 6.45) is 1.03. The SMILES string of the molecule is CCC1(C)CN(Cl)CN1Cl. The van der Waals surface area contributed by atoms with Crippen molar-refractivity contribution < 1.29 is 0 Å². The van der Waals surface area contributed by atoms with E-state index in [0.29, 0.717) is 6.67 Å². The molecule has 1 saturated heterocycles. The second kappa shape index (κ2) is 2.86. The standard InChI is InChI=1S/C6H12Cl2N2/c1-3-6(2)4-9(7)5-10(6)8/h3-5H2,1-2H3. The van der Waals surface area contributed by atoms with Crippen LogP contribution in [0.5, 0.6) is 0 Å². The van der Waals surface area contributed by atoms with E-state index in [0.717, 1.165) is 13.0 Å². The molecule has 1 aliphatic rings. The topological polar surface area (TPSA) is 6.48 Å². The van der Waals surface area contributed by atoms with Crippen LogP contribution in [0.4, 0.5) is 0 Å². The van der Waals surface area contributed by atoms with Gasteiger partial charge in [-0.25, -0.2) is 4.42 Å². The molecule has 0 amide bonds.